The van der Waals surface area contributed by atoms with Crippen LogP contribution in [0.2, 0.25) is 0 Å². The van der Waals surface area contributed by atoms with Gasteiger partial charge in [0, 0.05) is 23.8 Å². The van der Waals surface area contributed by atoms with Crippen molar-refractivity contribution in [2.45, 2.75) is 31.6 Å². The highest BCUT2D eigenvalue weighted by Crippen LogP contribution is 2.26. The first-order valence-electron chi connectivity index (χ1n) is 6.13. The molecule has 0 spiro atoms. The molecule has 1 aliphatic heterocycles. The average molecular weight is 306 g/mol. The summed E-state index contributed by atoms with van der Waals surface area (Å²) in [5.41, 5.74) is 0.175. The van der Waals surface area contributed by atoms with Gasteiger partial charge in [-0.15, -0.1) is 0 Å². The highest BCUT2D eigenvalue weighted by atomic mass is 35.7. The molecule has 1 unspecified atom stereocenters. The zero-order valence-corrected chi connectivity index (χ0v) is 12.4. The predicted octanol–water partition coefficient (Wildman–Crippen LogP) is 1.52. The third-order valence-electron chi connectivity index (χ3n) is 3.49. The van der Waals surface area contributed by atoms with E-state index in [2.05, 4.69) is 17.1 Å². The largest absolute Gasteiger partial charge is 0.337 e. The number of likely N-dealkylation sites (tertiary alicyclic amines) is 1. The number of carbonyl (C=O) groups excluding carboxylic acids is 1. The van der Waals surface area contributed by atoms with Crippen LogP contribution in [0.1, 0.15) is 35.9 Å². The van der Waals surface area contributed by atoms with Crippen LogP contribution in [-0.2, 0) is 9.05 Å². The van der Waals surface area contributed by atoms with Crippen LogP contribution in [0.4, 0.5) is 0 Å². The van der Waals surface area contributed by atoms with Gasteiger partial charge in [-0.25, -0.2) is 8.42 Å². The zero-order chi connectivity index (χ0) is 14.2. The van der Waals surface area contributed by atoms with Gasteiger partial charge >= 0.3 is 0 Å². The summed E-state index contributed by atoms with van der Waals surface area (Å²) in [6.07, 6.45) is 1.94. The number of aromatic nitrogens is 2. The number of hydrogen-bond acceptors (Lipinski definition) is 4. The molecule has 1 atom stereocenters. The van der Waals surface area contributed by atoms with Gasteiger partial charge in [-0.3, -0.25) is 9.89 Å². The minimum Gasteiger partial charge on any atom is -0.337 e. The highest BCUT2D eigenvalue weighted by molar-refractivity contribution is 8.13. The summed E-state index contributed by atoms with van der Waals surface area (Å²) in [5, 5.41) is 6.31. The molecular formula is C11H16ClN3O3S. The smallest absolute Gasteiger partial charge is 0.275 e. The van der Waals surface area contributed by atoms with Crippen LogP contribution in [0, 0.1) is 12.8 Å². The summed E-state index contributed by atoms with van der Waals surface area (Å²) in [6.45, 7) is 4.87. The van der Waals surface area contributed by atoms with Gasteiger partial charge in [0.05, 0.1) is 5.69 Å². The molecule has 1 aromatic rings. The monoisotopic (exact) mass is 305 g/mol. The number of H-pyrrole nitrogens is 1. The van der Waals surface area contributed by atoms with Crippen molar-refractivity contribution in [3.05, 3.63) is 11.4 Å². The average Bonchev–Trinajstić information content (AvgIpc) is 2.93. The number of hydrogen-bond donors (Lipinski definition) is 1. The van der Waals surface area contributed by atoms with E-state index in [1.165, 1.54) is 6.92 Å². The fourth-order valence-electron chi connectivity index (χ4n) is 2.36. The lowest BCUT2D eigenvalue weighted by Crippen LogP contribution is -2.30. The first kappa shape index (κ1) is 14.3. The molecule has 1 fully saturated rings. The van der Waals surface area contributed by atoms with Crippen LogP contribution in [-0.4, -0.2) is 42.5 Å². The van der Waals surface area contributed by atoms with E-state index in [4.69, 9.17) is 10.7 Å². The second-order valence-corrected chi connectivity index (χ2v) is 7.28. The van der Waals surface area contributed by atoms with Crippen LogP contribution in [0.5, 0.6) is 0 Å². The molecule has 1 amide bonds. The number of nitrogens with zero attached hydrogens (tertiary/aromatic N) is 2. The molecule has 106 valence electrons. The first-order chi connectivity index (χ1) is 8.84. The van der Waals surface area contributed by atoms with Crippen LogP contribution in [0.25, 0.3) is 0 Å². The maximum atomic E-state index is 12.3. The Morgan fingerprint density at radius 2 is 2.26 bits per heavy atom. The number of rotatable bonds is 3. The number of aryl methyl sites for hydroxylation is 1. The zero-order valence-electron chi connectivity index (χ0n) is 10.8. The molecule has 1 N–H and O–H groups in total. The normalized spacial score (nSPS) is 19.9. The SMILES string of the molecule is CCC1CCN(C(=O)c2n[nH]c(C)c2S(=O)(=O)Cl)C1. The molecule has 0 aromatic carbocycles. The Balaban J connectivity index is 2.31. The Hall–Kier alpha value is -1.08. The minimum absolute atomic E-state index is 0.107. The Morgan fingerprint density at radius 1 is 1.58 bits per heavy atom. The van der Waals surface area contributed by atoms with Crippen molar-refractivity contribution in [3.63, 3.8) is 0 Å². The standard InChI is InChI=1S/C11H16ClN3O3S/c1-3-8-4-5-15(6-8)11(16)9-10(19(12,17)18)7(2)13-14-9/h8H,3-6H2,1-2H3,(H,13,14). The van der Waals surface area contributed by atoms with Crippen molar-refractivity contribution >= 4 is 25.6 Å². The molecule has 2 heterocycles. The molecule has 1 aromatic heterocycles. The van der Waals surface area contributed by atoms with E-state index in [0.29, 0.717) is 19.0 Å². The van der Waals surface area contributed by atoms with E-state index in [9.17, 15) is 13.2 Å². The molecule has 2 rings (SSSR count). The van der Waals surface area contributed by atoms with E-state index in [-0.39, 0.29) is 22.2 Å². The second kappa shape index (κ2) is 5.13. The molecule has 0 bridgehead atoms. The quantitative estimate of drug-likeness (QED) is 0.858. The van der Waals surface area contributed by atoms with E-state index < -0.39 is 9.05 Å². The number of amides is 1. The Kier molecular flexibility index (Phi) is 3.87. The Morgan fingerprint density at radius 3 is 2.79 bits per heavy atom. The van der Waals surface area contributed by atoms with Crippen LogP contribution >= 0.6 is 10.7 Å². The molecule has 6 nitrogen and oxygen atoms in total. The lowest BCUT2D eigenvalue weighted by Gasteiger charge is -2.15. The van der Waals surface area contributed by atoms with Gasteiger partial charge in [-0.05, 0) is 19.3 Å². The molecule has 0 saturated carbocycles. The third kappa shape index (κ3) is 2.76. The molecular weight excluding hydrogens is 290 g/mol. The van der Waals surface area contributed by atoms with Crippen molar-refractivity contribution in [1.82, 2.24) is 15.1 Å². The van der Waals surface area contributed by atoms with Crippen LogP contribution in [0.3, 0.4) is 0 Å². The minimum atomic E-state index is -3.98. The molecule has 1 saturated heterocycles. The summed E-state index contributed by atoms with van der Waals surface area (Å²) in [7, 11) is 1.38. The van der Waals surface area contributed by atoms with Crippen molar-refractivity contribution < 1.29 is 13.2 Å². The second-order valence-electron chi connectivity index (χ2n) is 4.78. The summed E-state index contributed by atoms with van der Waals surface area (Å²) >= 11 is 0. The van der Waals surface area contributed by atoms with E-state index in [1.807, 2.05) is 0 Å². The molecule has 0 radical (unpaired) electrons. The van der Waals surface area contributed by atoms with Crippen molar-refractivity contribution in [3.8, 4) is 0 Å². The van der Waals surface area contributed by atoms with Crippen LogP contribution < -0.4 is 0 Å². The summed E-state index contributed by atoms with van der Waals surface area (Å²) in [4.78, 5) is 13.7. The summed E-state index contributed by atoms with van der Waals surface area (Å²) in [5.74, 6) is 0.0968. The van der Waals surface area contributed by atoms with Crippen molar-refractivity contribution in [2.24, 2.45) is 5.92 Å². The maximum Gasteiger partial charge on any atom is 0.275 e. The molecule has 1 aliphatic rings. The lowest BCUT2D eigenvalue weighted by molar-refractivity contribution is 0.0777. The van der Waals surface area contributed by atoms with Gasteiger partial charge in [0.15, 0.2) is 5.69 Å². The highest BCUT2D eigenvalue weighted by Gasteiger charge is 2.32. The third-order valence-corrected chi connectivity index (χ3v) is 4.94. The van der Waals surface area contributed by atoms with Crippen molar-refractivity contribution in [2.75, 3.05) is 13.1 Å². The van der Waals surface area contributed by atoms with E-state index in [0.717, 1.165) is 12.8 Å². The van der Waals surface area contributed by atoms with Gasteiger partial charge in [-0.2, -0.15) is 5.10 Å². The Bertz CT molecular complexity index is 596. The number of halogens is 1. The number of aromatic amines is 1. The van der Waals surface area contributed by atoms with Gasteiger partial charge in [0.25, 0.3) is 15.0 Å². The van der Waals surface area contributed by atoms with Crippen LogP contribution in [0.15, 0.2) is 4.90 Å². The number of carbonyl (C=O) groups is 1. The van der Waals surface area contributed by atoms with Gasteiger partial charge in [0.2, 0.25) is 0 Å². The topological polar surface area (TPSA) is 83.1 Å². The fraction of sp³-hybridized carbons (Fsp3) is 0.636. The predicted molar refractivity (Wildman–Crippen MR) is 70.7 cm³/mol. The Labute approximate surface area is 116 Å². The molecule has 8 heteroatoms. The van der Waals surface area contributed by atoms with Gasteiger partial charge in [-0.1, -0.05) is 13.3 Å². The van der Waals surface area contributed by atoms with E-state index >= 15 is 0 Å². The summed E-state index contributed by atoms with van der Waals surface area (Å²) < 4.78 is 23.0. The molecule has 19 heavy (non-hydrogen) atoms. The fourth-order valence-corrected chi connectivity index (χ4v) is 3.70. The number of nitrogens with one attached hydrogen (secondary N) is 1. The maximum absolute atomic E-state index is 12.3. The lowest BCUT2D eigenvalue weighted by atomic mass is 10.1. The first-order valence-corrected chi connectivity index (χ1v) is 8.44. The van der Waals surface area contributed by atoms with Gasteiger partial charge in [0.1, 0.15) is 4.90 Å². The molecule has 0 aliphatic carbocycles. The van der Waals surface area contributed by atoms with Crippen molar-refractivity contribution in [1.29, 1.82) is 0 Å². The van der Waals surface area contributed by atoms with Gasteiger partial charge < -0.3 is 4.90 Å². The van der Waals surface area contributed by atoms with E-state index in [1.54, 1.807) is 4.90 Å². The summed E-state index contributed by atoms with van der Waals surface area (Å²) in [6, 6.07) is 0.